The van der Waals surface area contributed by atoms with E-state index >= 15 is 0 Å². The second-order valence-electron chi connectivity index (χ2n) is 4.94. The molecule has 0 unspecified atom stereocenters. The van der Waals surface area contributed by atoms with E-state index in [2.05, 4.69) is 4.72 Å². The van der Waals surface area contributed by atoms with Gasteiger partial charge in [0.25, 0.3) is 10.0 Å². The van der Waals surface area contributed by atoms with Crippen molar-refractivity contribution in [3.8, 4) is 0 Å². The van der Waals surface area contributed by atoms with Gasteiger partial charge in [0.2, 0.25) is 5.76 Å². The Kier molecular flexibility index (Phi) is 5.91. The molecule has 7 nitrogen and oxygen atoms in total. The van der Waals surface area contributed by atoms with Crippen molar-refractivity contribution >= 4 is 50.7 Å². The van der Waals surface area contributed by atoms with Gasteiger partial charge in [-0.3, -0.25) is 9.52 Å². The van der Waals surface area contributed by atoms with Crippen molar-refractivity contribution in [3.05, 3.63) is 69.9 Å². The summed E-state index contributed by atoms with van der Waals surface area (Å²) in [6, 6.07) is 9.47. The molecule has 0 radical (unpaired) electrons. The van der Waals surface area contributed by atoms with Crippen molar-refractivity contribution < 1.29 is 28.2 Å². The molecule has 0 saturated carbocycles. The topological polar surface area (TPSA) is 121 Å². The van der Waals surface area contributed by atoms with Gasteiger partial charge in [0, 0.05) is 17.3 Å². The summed E-state index contributed by atoms with van der Waals surface area (Å²) in [5.41, 5.74) is -0.0155. The summed E-state index contributed by atoms with van der Waals surface area (Å²) in [5, 5.41) is 17.5. The maximum atomic E-state index is 12.5. The van der Waals surface area contributed by atoms with E-state index < -0.39 is 27.5 Å². The molecule has 3 N–H and O–H groups in total. The molecular weight excluding hydrogens is 405 g/mol. The number of aliphatic hydroxyl groups excluding tert-OH is 1. The molecule has 0 aliphatic heterocycles. The summed E-state index contributed by atoms with van der Waals surface area (Å²) < 4.78 is 27.2. The van der Waals surface area contributed by atoms with Crippen LogP contribution in [-0.4, -0.2) is 30.4 Å². The number of ketones is 1. The number of carboxylic acid groups (broad SMARTS) is 1. The van der Waals surface area contributed by atoms with E-state index in [0.29, 0.717) is 6.08 Å². The van der Waals surface area contributed by atoms with Crippen LogP contribution in [0.1, 0.15) is 10.4 Å². The van der Waals surface area contributed by atoms with Gasteiger partial charge in [0.15, 0.2) is 5.78 Å². The number of nitrogens with one attached hydrogen (secondary N) is 1. The van der Waals surface area contributed by atoms with Gasteiger partial charge in [0.1, 0.15) is 4.90 Å². The Bertz CT molecular complexity index is 997. The normalized spacial score (nSPS) is 11.8. The second kappa shape index (κ2) is 7.77. The molecule has 2 aromatic rings. The number of carboxylic acids is 1. The van der Waals surface area contributed by atoms with Crippen LogP contribution in [0.15, 0.2) is 59.2 Å². The molecule has 2 aromatic carbocycles. The highest BCUT2D eigenvalue weighted by molar-refractivity contribution is 7.93. The molecule has 10 heteroatoms. The van der Waals surface area contributed by atoms with Crippen LogP contribution in [-0.2, 0) is 14.8 Å². The third-order valence-electron chi connectivity index (χ3n) is 3.07. The van der Waals surface area contributed by atoms with Crippen LogP contribution in [0.4, 0.5) is 5.69 Å². The number of sulfonamides is 1. The number of hydrogen-bond donors (Lipinski definition) is 3. The van der Waals surface area contributed by atoms with Gasteiger partial charge < -0.3 is 10.2 Å². The quantitative estimate of drug-likeness (QED) is 0.377. The van der Waals surface area contributed by atoms with Crippen LogP contribution >= 0.6 is 23.2 Å². The zero-order chi connectivity index (χ0) is 19.5. The predicted molar refractivity (Wildman–Crippen MR) is 96.4 cm³/mol. The summed E-state index contributed by atoms with van der Waals surface area (Å²) in [6.45, 7) is 0. The minimum absolute atomic E-state index is 0.0232. The number of allylic oxidation sites excluding steroid dienone is 1. The summed E-state index contributed by atoms with van der Waals surface area (Å²) in [7, 11) is -4.14. The van der Waals surface area contributed by atoms with E-state index in [0.717, 1.165) is 0 Å². The van der Waals surface area contributed by atoms with E-state index in [1.165, 1.54) is 42.5 Å². The van der Waals surface area contributed by atoms with Crippen molar-refractivity contribution in [2.45, 2.75) is 4.90 Å². The highest BCUT2D eigenvalue weighted by atomic mass is 35.5. The van der Waals surface area contributed by atoms with Gasteiger partial charge >= 0.3 is 5.97 Å². The van der Waals surface area contributed by atoms with Gasteiger partial charge in [-0.2, -0.15) is 0 Å². The van der Waals surface area contributed by atoms with E-state index in [1.807, 2.05) is 0 Å². The van der Waals surface area contributed by atoms with Crippen LogP contribution in [0, 0.1) is 0 Å². The number of carbonyl (C=O) groups is 2. The highest BCUT2D eigenvalue weighted by Gasteiger charge is 2.22. The van der Waals surface area contributed by atoms with Gasteiger partial charge in [-0.15, -0.1) is 0 Å². The Morgan fingerprint density at radius 2 is 1.58 bits per heavy atom. The Balaban J connectivity index is 2.36. The predicted octanol–water partition coefficient (Wildman–Crippen LogP) is 3.50. The lowest BCUT2D eigenvalue weighted by Crippen LogP contribution is -2.14. The fraction of sp³-hybridized carbons (Fsp3) is 0. The first-order chi connectivity index (χ1) is 12.1. The summed E-state index contributed by atoms with van der Waals surface area (Å²) in [6.07, 6.45) is 0.515. The van der Waals surface area contributed by atoms with Crippen molar-refractivity contribution in [1.29, 1.82) is 0 Å². The lowest BCUT2D eigenvalue weighted by Gasteiger charge is -2.11. The zero-order valence-electron chi connectivity index (χ0n) is 12.8. The first-order valence-corrected chi connectivity index (χ1v) is 9.11. The average Bonchev–Trinajstić information content (AvgIpc) is 2.54. The lowest BCUT2D eigenvalue weighted by atomic mass is 10.1. The molecule has 0 saturated heterocycles. The molecule has 0 aliphatic rings. The molecule has 0 spiro atoms. The number of carbonyl (C=O) groups excluding carboxylic acids is 1. The molecular formula is C16H11Cl2NO6S. The number of aliphatic carboxylic acids is 1. The lowest BCUT2D eigenvalue weighted by molar-refractivity contribution is -0.135. The Labute approximate surface area is 158 Å². The van der Waals surface area contributed by atoms with Gasteiger partial charge in [-0.25, -0.2) is 13.2 Å². The standard InChI is InChI=1S/C16H11Cl2NO6S/c17-11-5-2-6-12(18)15(11)26(24,25)19-10-4-1-3-9(7-10)13(20)8-14(21)16(22)23/h1-8,19,21H,(H,22,23). The summed E-state index contributed by atoms with van der Waals surface area (Å²) in [5.74, 6) is -3.62. The monoisotopic (exact) mass is 415 g/mol. The minimum Gasteiger partial charge on any atom is -0.502 e. The average molecular weight is 416 g/mol. The van der Waals surface area contributed by atoms with Crippen molar-refractivity contribution in [3.63, 3.8) is 0 Å². The molecule has 0 amide bonds. The van der Waals surface area contributed by atoms with Gasteiger partial charge in [-0.05, 0) is 24.3 Å². The van der Waals surface area contributed by atoms with E-state index in [9.17, 15) is 18.0 Å². The Morgan fingerprint density at radius 1 is 1.00 bits per heavy atom. The maximum absolute atomic E-state index is 12.5. The summed E-state index contributed by atoms with van der Waals surface area (Å²) in [4.78, 5) is 22.2. The number of aliphatic hydroxyl groups is 1. The summed E-state index contributed by atoms with van der Waals surface area (Å²) >= 11 is 11.8. The van der Waals surface area contributed by atoms with Crippen molar-refractivity contribution in [2.24, 2.45) is 0 Å². The second-order valence-corrected chi connectivity index (χ2v) is 7.37. The third kappa shape index (κ3) is 4.54. The number of anilines is 1. The largest absolute Gasteiger partial charge is 0.502 e. The molecule has 2 rings (SSSR count). The number of hydrogen-bond acceptors (Lipinski definition) is 5. The van der Waals surface area contributed by atoms with Crippen LogP contribution in [0.3, 0.4) is 0 Å². The molecule has 26 heavy (non-hydrogen) atoms. The van der Waals surface area contributed by atoms with Gasteiger partial charge in [0.05, 0.1) is 10.0 Å². The first kappa shape index (κ1) is 19.8. The van der Waals surface area contributed by atoms with Crippen molar-refractivity contribution in [1.82, 2.24) is 0 Å². The van der Waals surface area contributed by atoms with E-state index in [-0.39, 0.29) is 26.2 Å². The minimum atomic E-state index is -4.14. The highest BCUT2D eigenvalue weighted by Crippen LogP contribution is 2.30. The fourth-order valence-corrected chi connectivity index (χ4v) is 4.15. The Hall–Kier alpha value is -2.55. The number of halogens is 2. The van der Waals surface area contributed by atoms with Crippen LogP contribution < -0.4 is 4.72 Å². The first-order valence-electron chi connectivity index (χ1n) is 6.87. The zero-order valence-corrected chi connectivity index (χ0v) is 15.1. The van der Waals surface area contributed by atoms with E-state index in [4.69, 9.17) is 33.4 Å². The maximum Gasteiger partial charge on any atom is 0.371 e. The third-order valence-corrected chi connectivity index (χ3v) is 5.41. The SMILES string of the molecule is O=C(O)C(O)=CC(=O)c1cccc(NS(=O)(=O)c2c(Cl)cccc2Cl)c1. The molecule has 0 bridgehead atoms. The Morgan fingerprint density at radius 3 is 2.15 bits per heavy atom. The molecule has 0 aromatic heterocycles. The molecule has 0 fully saturated rings. The molecule has 136 valence electrons. The number of benzene rings is 2. The fourth-order valence-electron chi connectivity index (χ4n) is 1.95. The van der Waals surface area contributed by atoms with Crippen LogP contribution in [0.5, 0.6) is 0 Å². The molecule has 0 heterocycles. The van der Waals surface area contributed by atoms with Crippen molar-refractivity contribution in [2.75, 3.05) is 4.72 Å². The smallest absolute Gasteiger partial charge is 0.371 e. The molecule has 0 aliphatic carbocycles. The van der Waals surface area contributed by atoms with Gasteiger partial charge in [-0.1, -0.05) is 41.4 Å². The van der Waals surface area contributed by atoms with Crippen LogP contribution in [0.2, 0.25) is 10.0 Å². The van der Waals surface area contributed by atoms with Crippen LogP contribution in [0.25, 0.3) is 0 Å². The number of rotatable bonds is 6. The molecule has 0 atom stereocenters. The van der Waals surface area contributed by atoms with E-state index in [1.54, 1.807) is 0 Å².